The molecule has 1 fully saturated rings. The molecule has 0 amide bonds. The third-order valence-electron chi connectivity index (χ3n) is 4.68. The summed E-state index contributed by atoms with van der Waals surface area (Å²) in [5, 5.41) is 28.8. The summed E-state index contributed by atoms with van der Waals surface area (Å²) in [6.07, 6.45) is 4.13. The van der Waals surface area contributed by atoms with Gasteiger partial charge in [0, 0.05) is 25.2 Å². The second-order valence-electron chi connectivity index (χ2n) is 6.71. The first-order valence-electron chi connectivity index (χ1n) is 8.29. The summed E-state index contributed by atoms with van der Waals surface area (Å²) in [4.78, 5) is 6.52. The molecule has 0 saturated carbocycles. The van der Waals surface area contributed by atoms with E-state index in [2.05, 4.69) is 21.4 Å². The van der Waals surface area contributed by atoms with Gasteiger partial charge in [0.25, 0.3) is 0 Å². The summed E-state index contributed by atoms with van der Waals surface area (Å²) >= 11 is 0. The molecule has 0 aliphatic carbocycles. The van der Waals surface area contributed by atoms with Gasteiger partial charge in [0.15, 0.2) is 11.5 Å². The third-order valence-corrected chi connectivity index (χ3v) is 4.68. The number of β-amino-alcohol motifs (C(OH)–C–C–N with tert-alkyl or cyclic N) is 1. The summed E-state index contributed by atoms with van der Waals surface area (Å²) in [5.41, 5.74) is 0.669. The first-order valence-corrected chi connectivity index (χ1v) is 8.29. The van der Waals surface area contributed by atoms with Gasteiger partial charge in [-0.05, 0) is 26.0 Å². The van der Waals surface area contributed by atoms with Gasteiger partial charge in [0.1, 0.15) is 23.0 Å². The number of hydrogen-bond acceptors (Lipinski definition) is 6. The quantitative estimate of drug-likeness (QED) is 0.778. The molecule has 3 aromatic heterocycles. The molecule has 1 aliphatic rings. The summed E-state index contributed by atoms with van der Waals surface area (Å²) in [6, 6.07) is 8.03. The normalized spacial score (nSPS) is 20.5. The Morgan fingerprint density at radius 1 is 1.36 bits per heavy atom. The van der Waals surface area contributed by atoms with Crippen LogP contribution in [0.3, 0.4) is 0 Å². The fourth-order valence-electron chi connectivity index (χ4n) is 3.23. The number of nitrogens with zero attached hydrogens (tertiary/aromatic N) is 7. The number of aromatic nitrogens is 5. The highest BCUT2D eigenvalue weighted by atomic mass is 16.3. The maximum absolute atomic E-state index is 11.1. The summed E-state index contributed by atoms with van der Waals surface area (Å²) in [7, 11) is 0. The Morgan fingerprint density at radius 3 is 2.92 bits per heavy atom. The number of fused-ring (bicyclic) bond motifs is 1. The van der Waals surface area contributed by atoms with Gasteiger partial charge < -0.3 is 10.0 Å². The van der Waals surface area contributed by atoms with Crippen LogP contribution in [0.2, 0.25) is 0 Å². The lowest BCUT2D eigenvalue weighted by atomic mass is 10.00. The first-order chi connectivity index (χ1) is 12.0. The number of hydrogen-bond donors (Lipinski definition) is 1. The van der Waals surface area contributed by atoms with Gasteiger partial charge in [0.2, 0.25) is 0 Å². The first kappa shape index (κ1) is 15.6. The molecular formula is C17H19N7O. The van der Waals surface area contributed by atoms with Crippen LogP contribution in [0.1, 0.15) is 37.7 Å². The number of imidazole rings is 1. The van der Waals surface area contributed by atoms with Crippen LogP contribution in [0, 0.1) is 11.3 Å². The standard InChI is InChI=1S/C17H19N7O/c1-12(2)24-10-14(20-21-24)17(25)6-8-22(11-17)16-13(9-18)23-7-4-3-5-15(23)19-16/h3-5,7,10,12,25H,6,8,11H2,1-2H3/t17-/m1/s1. The van der Waals surface area contributed by atoms with Crippen molar-refractivity contribution in [2.45, 2.75) is 31.9 Å². The molecular weight excluding hydrogens is 318 g/mol. The highest BCUT2D eigenvalue weighted by Gasteiger charge is 2.41. The molecule has 3 aromatic rings. The van der Waals surface area contributed by atoms with Gasteiger partial charge in [-0.3, -0.25) is 4.40 Å². The summed E-state index contributed by atoms with van der Waals surface area (Å²) < 4.78 is 3.50. The molecule has 8 heteroatoms. The molecule has 25 heavy (non-hydrogen) atoms. The van der Waals surface area contributed by atoms with E-state index in [0.29, 0.717) is 36.7 Å². The third kappa shape index (κ3) is 2.44. The zero-order valence-corrected chi connectivity index (χ0v) is 14.2. The van der Waals surface area contributed by atoms with Crippen molar-refractivity contribution in [3.8, 4) is 6.07 Å². The second kappa shape index (κ2) is 5.57. The van der Waals surface area contributed by atoms with E-state index < -0.39 is 5.60 Å². The Labute approximate surface area is 144 Å². The van der Waals surface area contributed by atoms with Crippen molar-refractivity contribution in [2.24, 2.45) is 0 Å². The van der Waals surface area contributed by atoms with E-state index in [9.17, 15) is 10.4 Å². The molecule has 1 atom stereocenters. The fraction of sp³-hybridized carbons (Fsp3) is 0.412. The Balaban J connectivity index is 1.67. The van der Waals surface area contributed by atoms with Crippen LogP contribution in [0.5, 0.6) is 0 Å². The minimum absolute atomic E-state index is 0.186. The average Bonchev–Trinajstić information content (AvgIpc) is 3.31. The van der Waals surface area contributed by atoms with E-state index in [1.807, 2.05) is 43.1 Å². The lowest BCUT2D eigenvalue weighted by molar-refractivity contribution is 0.0559. The molecule has 1 aliphatic heterocycles. The predicted octanol–water partition coefficient (Wildman–Crippen LogP) is 1.48. The van der Waals surface area contributed by atoms with Crippen LogP contribution < -0.4 is 4.90 Å². The molecule has 1 N–H and O–H groups in total. The Hall–Kier alpha value is -2.92. The average molecular weight is 337 g/mol. The molecule has 1 saturated heterocycles. The Bertz CT molecular complexity index is 967. The highest BCUT2D eigenvalue weighted by molar-refractivity contribution is 5.61. The molecule has 0 spiro atoms. The minimum atomic E-state index is -1.09. The highest BCUT2D eigenvalue weighted by Crippen LogP contribution is 2.34. The Kier molecular flexibility index (Phi) is 3.47. The molecule has 0 unspecified atom stereocenters. The molecule has 0 bridgehead atoms. The van der Waals surface area contributed by atoms with Crippen LogP contribution in [-0.4, -0.2) is 42.6 Å². The van der Waals surface area contributed by atoms with Crippen LogP contribution >= 0.6 is 0 Å². The van der Waals surface area contributed by atoms with Gasteiger partial charge in [-0.2, -0.15) is 5.26 Å². The molecule has 4 heterocycles. The van der Waals surface area contributed by atoms with Crippen LogP contribution in [0.25, 0.3) is 5.65 Å². The van der Waals surface area contributed by atoms with Crippen molar-refractivity contribution in [1.82, 2.24) is 24.4 Å². The van der Waals surface area contributed by atoms with Crippen LogP contribution in [0.15, 0.2) is 30.6 Å². The SMILES string of the molecule is CC(C)n1cc([C@@]2(O)CCN(c3nc4ccccn4c3C#N)C2)nn1. The summed E-state index contributed by atoms with van der Waals surface area (Å²) in [6.45, 7) is 4.96. The van der Waals surface area contributed by atoms with Crippen molar-refractivity contribution in [3.63, 3.8) is 0 Å². The number of pyridine rings is 1. The van der Waals surface area contributed by atoms with Crippen molar-refractivity contribution < 1.29 is 5.11 Å². The smallest absolute Gasteiger partial charge is 0.169 e. The number of anilines is 1. The number of rotatable bonds is 3. The topological polar surface area (TPSA) is 95.3 Å². The fourth-order valence-corrected chi connectivity index (χ4v) is 3.23. The van der Waals surface area contributed by atoms with E-state index in [1.54, 1.807) is 15.3 Å². The maximum atomic E-state index is 11.1. The number of aliphatic hydroxyl groups is 1. The second-order valence-corrected chi connectivity index (χ2v) is 6.71. The van der Waals surface area contributed by atoms with Crippen molar-refractivity contribution in [2.75, 3.05) is 18.0 Å². The van der Waals surface area contributed by atoms with E-state index >= 15 is 0 Å². The zero-order valence-electron chi connectivity index (χ0n) is 14.2. The van der Waals surface area contributed by atoms with E-state index in [0.717, 1.165) is 5.65 Å². The van der Waals surface area contributed by atoms with Gasteiger partial charge in [-0.1, -0.05) is 11.3 Å². The lowest BCUT2D eigenvalue weighted by Crippen LogP contribution is -2.31. The number of nitriles is 1. The van der Waals surface area contributed by atoms with Gasteiger partial charge in [-0.25, -0.2) is 9.67 Å². The van der Waals surface area contributed by atoms with E-state index in [-0.39, 0.29) is 6.04 Å². The van der Waals surface area contributed by atoms with Crippen molar-refractivity contribution >= 4 is 11.5 Å². The molecule has 0 radical (unpaired) electrons. The zero-order chi connectivity index (χ0) is 17.6. The van der Waals surface area contributed by atoms with Crippen molar-refractivity contribution in [3.05, 3.63) is 42.0 Å². The summed E-state index contributed by atoms with van der Waals surface area (Å²) in [5.74, 6) is 0.598. The monoisotopic (exact) mass is 337 g/mol. The molecule has 4 rings (SSSR count). The van der Waals surface area contributed by atoms with Gasteiger partial charge in [-0.15, -0.1) is 5.10 Å². The minimum Gasteiger partial charge on any atom is -0.381 e. The maximum Gasteiger partial charge on any atom is 0.169 e. The Morgan fingerprint density at radius 2 is 2.20 bits per heavy atom. The molecule has 0 aromatic carbocycles. The van der Waals surface area contributed by atoms with Crippen LogP contribution in [0.4, 0.5) is 5.82 Å². The van der Waals surface area contributed by atoms with Crippen molar-refractivity contribution in [1.29, 1.82) is 5.26 Å². The molecule has 8 nitrogen and oxygen atoms in total. The largest absolute Gasteiger partial charge is 0.381 e. The van der Waals surface area contributed by atoms with Crippen LogP contribution in [-0.2, 0) is 5.60 Å². The van der Waals surface area contributed by atoms with Gasteiger partial charge in [0.05, 0.1) is 12.7 Å². The van der Waals surface area contributed by atoms with Gasteiger partial charge >= 0.3 is 0 Å². The molecule has 128 valence electrons. The van der Waals surface area contributed by atoms with E-state index in [4.69, 9.17) is 0 Å². The lowest BCUT2D eigenvalue weighted by Gasteiger charge is -2.21. The van der Waals surface area contributed by atoms with E-state index in [1.165, 1.54) is 0 Å². The predicted molar refractivity (Wildman–Crippen MR) is 91.0 cm³/mol.